The number of benzene rings is 1. The largest absolute Gasteiger partial charge is 0.362 e. The van der Waals surface area contributed by atoms with Crippen LogP contribution in [0, 0.1) is 11.3 Å². The highest BCUT2D eigenvalue weighted by Crippen LogP contribution is 2.09. The number of nitriles is 1. The van der Waals surface area contributed by atoms with Gasteiger partial charge in [0.15, 0.2) is 5.11 Å². The topological polar surface area (TPSA) is 51.1 Å². The van der Waals surface area contributed by atoms with Crippen molar-refractivity contribution in [2.24, 2.45) is 0 Å². The maximum Gasteiger partial charge on any atom is 0.170 e. The van der Waals surface area contributed by atoms with E-state index in [1.165, 1.54) is 0 Å². The monoisotopic (exact) mass is 262 g/mol. The van der Waals surface area contributed by atoms with Crippen LogP contribution in [-0.2, 0) is 0 Å². The average molecular weight is 262 g/mol. The van der Waals surface area contributed by atoms with Crippen molar-refractivity contribution >= 4 is 23.0 Å². The van der Waals surface area contributed by atoms with E-state index in [0.29, 0.717) is 10.7 Å². The summed E-state index contributed by atoms with van der Waals surface area (Å²) >= 11 is 5.18. The fourth-order valence-electron chi connectivity index (χ4n) is 1.44. The van der Waals surface area contributed by atoms with Gasteiger partial charge in [0.2, 0.25) is 0 Å². The number of nitrogens with one attached hydrogen (secondary N) is 2. The fraction of sp³-hybridized carbons (Fsp3) is 0.385. The first kappa shape index (κ1) is 14.4. The second-order valence-electron chi connectivity index (χ2n) is 4.23. The van der Waals surface area contributed by atoms with Gasteiger partial charge in [0, 0.05) is 12.2 Å². The van der Waals surface area contributed by atoms with Crippen LogP contribution in [0.5, 0.6) is 0 Å². The van der Waals surface area contributed by atoms with Gasteiger partial charge in [-0.1, -0.05) is 6.07 Å². The molecule has 0 atom stereocenters. The van der Waals surface area contributed by atoms with Crippen LogP contribution in [0.2, 0.25) is 0 Å². The molecule has 0 heterocycles. The Morgan fingerprint density at radius 2 is 2.22 bits per heavy atom. The van der Waals surface area contributed by atoms with Crippen LogP contribution < -0.4 is 10.6 Å². The third-order valence-corrected chi connectivity index (χ3v) is 2.56. The van der Waals surface area contributed by atoms with Crippen LogP contribution in [0.25, 0.3) is 0 Å². The lowest BCUT2D eigenvalue weighted by Gasteiger charge is -2.12. The molecule has 96 valence electrons. The zero-order chi connectivity index (χ0) is 13.4. The first-order valence-electron chi connectivity index (χ1n) is 5.81. The van der Waals surface area contributed by atoms with Crippen molar-refractivity contribution in [2.75, 3.05) is 32.5 Å². The van der Waals surface area contributed by atoms with Crippen molar-refractivity contribution in [1.29, 1.82) is 5.26 Å². The summed E-state index contributed by atoms with van der Waals surface area (Å²) in [6, 6.07) is 9.34. The third kappa shape index (κ3) is 5.62. The van der Waals surface area contributed by atoms with Gasteiger partial charge in [-0.15, -0.1) is 0 Å². The summed E-state index contributed by atoms with van der Waals surface area (Å²) in [6.07, 6.45) is 1.03. The van der Waals surface area contributed by atoms with E-state index in [1.807, 2.05) is 26.2 Å². The second kappa shape index (κ2) is 7.64. The molecule has 1 rings (SSSR count). The molecule has 0 saturated carbocycles. The van der Waals surface area contributed by atoms with E-state index in [9.17, 15) is 0 Å². The van der Waals surface area contributed by atoms with Gasteiger partial charge in [-0.05, 0) is 57.5 Å². The molecule has 0 fully saturated rings. The molecule has 0 amide bonds. The molecule has 4 nitrogen and oxygen atoms in total. The Morgan fingerprint density at radius 3 is 2.89 bits per heavy atom. The van der Waals surface area contributed by atoms with Gasteiger partial charge in [-0.3, -0.25) is 0 Å². The van der Waals surface area contributed by atoms with Crippen molar-refractivity contribution in [3.05, 3.63) is 29.8 Å². The smallest absolute Gasteiger partial charge is 0.170 e. The summed E-state index contributed by atoms with van der Waals surface area (Å²) in [6.45, 7) is 1.86. The number of rotatable bonds is 5. The molecule has 0 aliphatic rings. The molecule has 5 heteroatoms. The van der Waals surface area contributed by atoms with E-state index in [-0.39, 0.29) is 0 Å². The second-order valence-corrected chi connectivity index (χ2v) is 4.64. The number of hydrogen-bond donors (Lipinski definition) is 2. The first-order valence-corrected chi connectivity index (χ1v) is 6.22. The zero-order valence-corrected chi connectivity index (χ0v) is 11.5. The third-order valence-electron chi connectivity index (χ3n) is 2.32. The lowest BCUT2D eigenvalue weighted by molar-refractivity contribution is 0.400. The molecule has 0 spiro atoms. The van der Waals surface area contributed by atoms with Crippen LogP contribution in [0.4, 0.5) is 5.69 Å². The molecule has 0 aliphatic heterocycles. The van der Waals surface area contributed by atoms with Gasteiger partial charge >= 0.3 is 0 Å². The van der Waals surface area contributed by atoms with Gasteiger partial charge in [0.05, 0.1) is 11.6 Å². The summed E-state index contributed by atoms with van der Waals surface area (Å²) in [4.78, 5) is 2.13. The highest BCUT2D eigenvalue weighted by molar-refractivity contribution is 7.80. The van der Waals surface area contributed by atoms with Gasteiger partial charge < -0.3 is 15.5 Å². The van der Waals surface area contributed by atoms with E-state index in [4.69, 9.17) is 17.5 Å². The molecule has 0 unspecified atom stereocenters. The summed E-state index contributed by atoms with van der Waals surface area (Å²) in [5.41, 5.74) is 1.45. The highest BCUT2D eigenvalue weighted by Gasteiger charge is 1.98. The SMILES string of the molecule is CN(C)CCCNC(=S)Nc1cccc(C#N)c1. The molecular weight excluding hydrogens is 244 g/mol. The van der Waals surface area contributed by atoms with Crippen LogP contribution in [0.1, 0.15) is 12.0 Å². The Bertz CT molecular complexity index is 437. The predicted octanol–water partition coefficient (Wildman–Crippen LogP) is 1.80. The maximum absolute atomic E-state index is 8.79. The highest BCUT2D eigenvalue weighted by atomic mass is 32.1. The molecule has 1 aromatic rings. The quantitative estimate of drug-likeness (QED) is 0.626. The van der Waals surface area contributed by atoms with Crippen LogP contribution in [0.3, 0.4) is 0 Å². The normalized spacial score (nSPS) is 9.89. The van der Waals surface area contributed by atoms with Crippen molar-refractivity contribution in [3.8, 4) is 6.07 Å². The number of anilines is 1. The van der Waals surface area contributed by atoms with E-state index in [1.54, 1.807) is 12.1 Å². The summed E-state index contributed by atoms with van der Waals surface area (Å²) < 4.78 is 0. The van der Waals surface area contributed by atoms with Gasteiger partial charge in [0.25, 0.3) is 0 Å². The predicted molar refractivity (Wildman–Crippen MR) is 78.6 cm³/mol. The minimum absolute atomic E-state index is 0.587. The lowest BCUT2D eigenvalue weighted by Crippen LogP contribution is -2.30. The van der Waals surface area contributed by atoms with Gasteiger partial charge in [0.1, 0.15) is 0 Å². The van der Waals surface area contributed by atoms with Crippen LogP contribution in [0.15, 0.2) is 24.3 Å². The number of nitrogens with zero attached hydrogens (tertiary/aromatic N) is 2. The number of hydrogen-bond acceptors (Lipinski definition) is 3. The molecule has 0 aromatic heterocycles. The maximum atomic E-state index is 8.79. The van der Waals surface area contributed by atoms with Crippen molar-refractivity contribution in [2.45, 2.75) is 6.42 Å². The molecule has 0 saturated heterocycles. The standard InChI is InChI=1S/C13H18N4S/c1-17(2)8-4-7-15-13(18)16-12-6-3-5-11(9-12)10-14/h3,5-6,9H,4,7-8H2,1-2H3,(H2,15,16,18). The van der Waals surface area contributed by atoms with E-state index in [2.05, 4.69) is 21.6 Å². The number of thiocarbonyl (C=S) groups is 1. The summed E-state index contributed by atoms with van der Waals surface area (Å²) in [7, 11) is 4.09. The lowest BCUT2D eigenvalue weighted by atomic mass is 10.2. The molecular formula is C13H18N4S. The minimum atomic E-state index is 0.587. The zero-order valence-electron chi connectivity index (χ0n) is 10.7. The molecule has 0 aliphatic carbocycles. The van der Waals surface area contributed by atoms with Gasteiger partial charge in [-0.25, -0.2) is 0 Å². The van der Waals surface area contributed by atoms with E-state index >= 15 is 0 Å². The Labute approximate surface area is 114 Å². The van der Waals surface area contributed by atoms with Crippen molar-refractivity contribution in [3.63, 3.8) is 0 Å². The average Bonchev–Trinajstić information content (AvgIpc) is 2.34. The molecule has 1 aromatic carbocycles. The van der Waals surface area contributed by atoms with Crippen LogP contribution >= 0.6 is 12.2 Å². The first-order chi connectivity index (χ1) is 8.61. The van der Waals surface area contributed by atoms with Crippen molar-refractivity contribution < 1.29 is 0 Å². The van der Waals surface area contributed by atoms with Crippen LogP contribution in [-0.4, -0.2) is 37.2 Å². The molecule has 2 N–H and O–H groups in total. The molecule has 18 heavy (non-hydrogen) atoms. The fourth-order valence-corrected chi connectivity index (χ4v) is 1.66. The molecule has 0 radical (unpaired) electrons. The molecule has 0 bridgehead atoms. The van der Waals surface area contributed by atoms with Crippen molar-refractivity contribution in [1.82, 2.24) is 10.2 Å². The summed E-state index contributed by atoms with van der Waals surface area (Å²) in [5, 5.41) is 15.6. The Morgan fingerprint density at radius 1 is 1.44 bits per heavy atom. The van der Waals surface area contributed by atoms with E-state index < -0.39 is 0 Å². The Balaban J connectivity index is 2.33. The van der Waals surface area contributed by atoms with E-state index in [0.717, 1.165) is 25.2 Å². The Kier molecular flexibility index (Phi) is 6.12. The van der Waals surface area contributed by atoms with Gasteiger partial charge in [-0.2, -0.15) is 5.26 Å². The Hall–Kier alpha value is -1.64. The summed E-state index contributed by atoms with van der Waals surface area (Å²) in [5.74, 6) is 0. The minimum Gasteiger partial charge on any atom is -0.362 e.